The first kappa shape index (κ1) is 36.3. The third kappa shape index (κ3) is 6.22. The number of carbonyl (C=O) groups excluding carboxylic acids is 4. The molecule has 1 unspecified atom stereocenters. The first-order valence-corrected chi connectivity index (χ1v) is 18.6. The molecule has 0 aromatic carbocycles. The van der Waals surface area contributed by atoms with Crippen molar-refractivity contribution in [3.8, 4) is 0 Å². The van der Waals surface area contributed by atoms with Crippen molar-refractivity contribution >= 4 is 103 Å². The molecular weight excluding hydrogens is 765 g/mol. The summed E-state index contributed by atoms with van der Waals surface area (Å²) in [5, 5.41) is 54.4. The van der Waals surface area contributed by atoms with E-state index in [0.717, 1.165) is 32.5 Å². The van der Waals surface area contributed by atoms with Gasteiger partial charge in [0, 0.05) is 22.3 Å². The second-order valence-electron chi connectivity index (χ2n) is 11.2. The number of anilines is 2. The third-order valence-electron chi connectivity index (χ3n) is 8.22. The summed E-state index contributed by atoms with van der Waals surface area (Å²) < 4.78 is 0. The predicted octanol–water partition coefficient (Wildman–Crippen LogP) is -0.298. The van der Waals surface area contributed by atoms with Gasteiger partial charge in [-0.3, -0.25) is 29.0 Å². The molecule has 0 bridgehead atoms. The molecule has 0 saturated carbocycles. The molecule has 4 aliphatic rings. The van der Waals surface area contributed by atoms with Crippen LogP contribution in [0, 0.1) is 0 Å². The van der Waals surface area contributed by atoms with Crippen LogP contribution < -0.4 is 21.7 Å². The van der Waals surface area contributed by atoms with Crippen LogP contribution in [-0.4, -0.2) is 128 Å². The van der Waals surface area contributed by atoms with E-state index in [2.05, 4.69) is 42.8 Å². The average molecular weight is 791 g/mol. The summed E-state index contributed by atoms with van der Waals surface area (Å²) in [5.41, 5.74) is 4.69. The van der Waals surface area contributed by atoms with Gasteiger partial charge in [-0.15, -0.1) is 46.2 Å². The van der Waals surface area contributed by atoms with Crippen molar-refractivity contribution in [1.29, 1.82) is 0 Å². The fourth-order valence-electron chi connectivity index (χ4n) is 5.74. The van der Waals surface area contributed by atoms with Gasteiger partial charge in [0.25, 0.3) is 23.6 Å². The van der Waals surface area contributed by atoms with Gasteiger partial charge in [-0.1, -0.05) is 23.0 Å². The van der Waals surface area contributed by atoms with E-state index in [1.807, 2.05) is 0 Å². The largest absolute Gasteiger partial charge is 0.477 e. The number of thioether (sulfide) groups is 2. The fourth-order valence-corrected chi connectivity index (χ4v) is 9.88. The van der Waals surface area contributed by atoms with E-state index < -0.39 is 75.9 Å². The molecule has 5 atom stereocenters. The second-order valence-corrected chi connectivity index (χ2v) is 15.1. The second kappa shape index (κ2) is 14.3. The van der Waals surface area contributed by atoms with Gasteiger partial charge < -0.3 is 42.3 Å². The highest BCUT2D eigenvalue weighted by Gasteiger charge is 2.56. The molecule has 2 fully saturated rings. The number of carboxylic acids is 2. The Morgan fingerprint density at radius 3 is 1.92 bits per heavy atom. The van der Waals surface area contributed by atoms with Crippen molar-refractivity contribution in [3.63, 3.8) is 0 Å². The minimum absolute atomic E-state index is 0.00116. The minimum atomic E-state index is -1.39. The third-order valence-corrected chi connectivity index (χ3v) is 12.3. The minimum Gasteiger partial charge on any atom is -0.477 e. The maximum absolute atomic E-state index is 13.2. The van der Waals surface area contributed by atoms with Crippen molar-refractivity contribution in [2.24, 2.45) is 10.3 Å². The Morgan fingerprint density at radius 1 is 0.904 bits per heavy atom. The number of fused-ring (bicyclic) bond motifs is 2. The summed E-state index contributed by atoms with van der Waals surface area (Å²) in [6.45, 7) is 5.22. The molecule has 0 aliphatic carbocycles. The molecule has 2 aromatic heterocycles. The Balaban J connectivity index is 1.11. The van der Waals surface area contributed by atoms with Gasteiger partial charge in [-0.05, 0) is 18.1 Å². The van der Waals surface area contributed by atoms with Crippen molar-refractivity contribution in [2.45, 2.75) is 35.8 Å². The van der Waals surface area contributed by atoms with Crippen LogP contribution in [0.3, 0.4) is 0 Å². The van der Waals surface area contributed by atoms with E-state index in [1.54, 1.807) is 6.92 Å². The maximum atomic E-state index is 13.2. The lowest BCUT2D eigenvalue weighted by molar-refractivity contribution is -0.150. The Morgan fingerprint density at radius 2 is 1.42 bits per heavy atom. The Hall–Kier alpha value is -5.46. The molecule has 9 N–H and O–H groups in total. The Labute approximate surface area is 308 Å². The molecule has 24 heteroatoms. The van der Waals surface area contributed by atoms with Crippen LogP contribution in [-0.2, 0) is 28.8 Å². The lowest BCUT2D eigenvalue weighted by atomic mass is 9.99. The summed E-state index contributed by atoms with van der Waals surface area (Å²) >= 11 is 4.44. The van der Waals surface area contributed by atoms with Crippen molar-refractivity contribution < 1.29 is 49.4 Å². The van der Waals surface area contributed by atoms with Crippen molar-refractivity contribution in [2.75, 3.05) is 22.6 Å². The number of allylic oxidation sites excluding steroid dienone is 1. The van der Waals surface area contributed by atoms with E-state index in [9.17, 15) is 49.4 Å². The van der Waals surface area contributed by atoms with Crippen LogP contribution in [0.4, 0.5) is 10.3 Å². The molecule has 4 amide bonds. The number of rotatable bonds is 12. The highest BCUT2D eigenvalue weighted by molar-refractivity contribution is 8.00. The van der Waals surface area contributed by atoms with E-state index in [0.29, 0.717) is 11.1 Å². The topological polar surface area (TPSA) is 302 Å². The van der Waals surface area contributed by atoms with Crippen LogP contribution >= 0.6 is 46.2 Å². The number of nitrogen functional groups attached to an aromatic ring is 1. The van der Waals surface area contributed by atoms with Gasteiger partial charge in [-0.25, -0.2) is 19.6 Å². The molecule has 6 heterocycles. The number of thiazole rings is 2. The number of carbonyl (C=O) groups is 6. The maximum Gasteiger partial charge on any atom is 0.352 e. The number of nitrogens with one attached hydrogen (secondary N) is 3. The predicted molar refractivity (Wildman–Crippen MR) is 188 cm³/mol. The van der Waals surface area contributed by atoms with Crippen LogP contribution in [0.2, 0.25) is 0 Å². The average Bonchev–Trinajstić information content (AvgIpc) is 3.76. The van der Waals surface area contributed by atoms with Crippen LogP contribution in [0.25, 0.3) is 0 Å². The lowest BCUT2D eigenvalue weighted by Crippen LogP contribution is -2.71. The smallest absolute Gasteiger partial charge is 0.352 e. The zero-order valence-corrected chi connectivity index (χ0v) is 29.6. The molecule has 2 aromatic rings. The van der Waals surface area contributed by atoms with E-state index in [-0.39, 0.29) is 44.6 Å². The summed E-state index contributed by atoms with van der Waals surface area (Å²) in [5.74, 6) is -5.54. The molecule has 272 valence electrons. The SMILES string of the molecule is C=CC1=C(C(=O)O)N2C(=O)[C@@H](NC(=O)/C(=N\O)c3csc(NC(C)C4=C(C(=O)O)N5C(=O)[C@@H](NC(=O)/C(=N\O)c6csc(N)n6)[C@H]5SC4)n3)[C@H]2SC1. The number of amides is 4. The number of oxime groups is 2. The normalized spacial score (nSPS) is 23.6. The molecule has 20 nitrogen and oxygen atoms in total. The lowest BCUT2D eigenvalue weighted by Gasteiger charge is -2.50. The monoisotopic (exact) mass is 790 g/mol. The Bertz CT molecular complexity index is 2060. The summed E-state index contributed by atoms with van der Waals surface area (Å²) in [6, 6.07) is -2.94. The van der Waals surface area contributed by atoms with Crippen molar-refractivity contribution in [1.82, 2.24) is 30.4 Å². The highest BCUT2D eigenvalue weighted by Crippen LogP contribution is 2.42. The summed E-state index contributed by atoms with van der Waals surface area (Å²) in [7, 11) is 0. The molecule has 0 spiro atoms. The number of nitrogens with two attached hydrogens (primary N) is 1. The molecule has 52 heavy (non-hydrogen) atoms. The van der Waals surface area contributed by atoms with Gasteiger partial charge >= 0.3 is 11.9 Å². The molecule has 4 aliphatic heterocycles. The van der Waals surface area contributed by atoms with Gasteiger partial charge in [0.05, 0.1) is 6.04 Å². The summed E-state index contributed by atoms with van der Waals surface area (Å²) in [6.07, 6.45) is 1.36. The molecular formula is C28H26N10O10S4. The van der Waals surface area contributed by atoms with Gasteiger partial charge in [0.15, 0.2) is 21.7 Å². The van der Waals surface area contributed by atoms with Crippen molar-refractivity contribution in [3.05, 3.63) is 57.3 Å². The Kier molecular flexibility index (Phi) is 9.98. The standard InChI is InChI=1S/C28H26N10O10S4/c1-3-9-4-49-23-15(21(41)37(23)17(9)25(43)44)33-20(40)14(36-48)12-7-52-28(32-12)30-8(2)10-5-50-24-16(22(42)38(24)18(10)26(45)46)34-19(39)13(35-47)11-6-51-27(29)31-11/h3,6-8,15-16,23-24,47-48H,1,4-5H2,2H3,(H2,29,31)(H,30,32)(H,33,40)(H,34,39)(H,43,44)(H,45,46)/b35-13-,36-14-/t8?,15-,16-,23-,24-/m1/s1. The van der Waals surface area contributed by atoms with E-state index >= 15 is 0 Å². The van der Waals surface area contributed by atoms with Gasteiger partial charge in [-0.2, -0.15) is 0 Å². The van der Waals surface area contributed by atoms with Crippen LogP contribution in [0.1, 0.15) is 18.3 Å². The quantitative estimate of drug-likeness (QED) is 0.0593. The van der Waals surface area contributed by atoms with Crippen LogP contribution in [0.5, 0.6) is 0 Å². The van der Waals surface area contributed by atoms with E-state index in [4.69, 9.17) is 5.73 Å². The first-order chi connectivity index (χ1) is 24.8. The number of hydrogen-bond acceptors (Lipinski definition) is 18. The zero-order valence-electron chi connectivity index (χ0n) is 26.4. The molecule has 0 radical (unpaired) electrons. The highest BCUT2D eigenvalue weighted by atomic mass is 32.2. The van der Waals surface area contributed by atoms with Crippen LogP contribution in [0.15, 0.2) is 56.3 Å². The zero-order chi connectivity index (χ0) is 37.6. The first-order valence-electron chi connectivity index (χ1n) is 14.7. The van der Waals surface area contributed by atoms with Gasteiger partial charge in [0.2, 0.25) is 0 Å². The van der Waals surface area contributed by atoms with Gasteiger partial charge in [0.1, 0.15) is 45.6 Å². The van der Waals surface area contributed by atoms with E-state index in [1.165, 1.54) is 40.4 Å². The number of nitrogens with zero attached hydrogens (tertiary/aromatic N) is 6. The fraction of sp³-hybridized carbons (Fsp3) is 0.286. The number of aliphatic carboxylic acids is 2. The number of hydrogen-bond donors (Lipinski definition) is 8. The number of carboxylic acid groups (broad SMARTS) is 2. The number of aromatic nitrogens is 2. The molecule has 6 rings (SSSR count). The molecule has 2 saturated heterocycles. The summed E-state index contributed by atoms with van der Waals surface area (Å²) in [4.78, 5) is 86.5. The number of β-lactam (4-membered cyclic amide) rings is 2.